The van der Waals surface area contributed by atoms with Gasteiger partial charge in [-0.1, -0.05) is 6.07 Å². The molecule has 142 valence electrons. The number of benzene rings is 2. The van der Waals surface area contributed by atoms with Crippen molar-refractivity contribution in [2.45, 2.75) is 6.92 Å². The molecule has 9 nitrogen and oxygen atoms in total. The number of hydrogen-bond acceptors (Lipinski definition) is 7. The number of carbonyl (C=O) groups excluding carboxylic acids is 2. The zero-order chi connectivity index (χ0) is 20.0. The maximum Gasteiger partial charge on any atom is 0.337 e. The fourth-order valence-corrected chi connectivity index (χ4v) is 2.22. The number of hydrogen-bond donors (Lipinski definition) is 1. The van der Waals surface area contributed by atoms with Gasteiger partial charge >= 0.3 is 11.7 Å². The molecule has 0 heterocycles. The van der Waals surface area contributed by atoms with Crippen LogP contribution in [0.15, 0.2) is 36.4 Å². The number of anilines is 1. The van der Waals surface area contributed by atoms with Crippen molar-refractivity contribution in [2.75, 3.05) is 26.1 Å². The number of nitrogens with one attached hydrogen (secondary N) is 1. The molecule has 1 amide bonds. The summed E-state index contributed by atoms with van der Waals surface area (Å²) in [7, 11) is 2.65. The lowest BCUT2D eigenvalue weighted by atomic mass is 10.1. The van der Waals surface area contributed by atoms with Gasteiger partial charge in [0.25, 0.3) is 5.91 Å². The SMILES string of the molecule is COC(=O)c1ccc(C)c(NC(=O)COc2ccc(OC)cc2[N+](=O)[O-])c1. The quantitative estimate of drug-likeness (QED) is 0.450. The van der Waals surface area contributed by atoms with Crippen LogP contribution in [-0.2, 0) is 9.53 Å². The van der Waals surface area contributed by atoms with Gasteiger partial charge in [-0.05, 0) is 36.8 Å². The Kier molecular flexibility index (Phi) is 6.32. The summed E-state index contributed by atoms with van der Waals surface area (Å²) < 4.78 is 14.9. The Morgan fingerprint density at radius 2 is 1.89 bits per heavy atom. The predicted octanol–water partition coefficient (Wildman–Crippen LogP) is 2.72. The number of carbonyl (C=O) groups is 2. The van der Waals surface area contributed by atoms with Crippen molar-refractivity contribution in [1.29, 1.82) is 0 Å². The Labute approximate surface area is 155 Å². The number of amides is 1. The van der Waals surface area contributed by atoms with E-state index in [-0.39, 0.29) is 17.0 Å². The minimum absolute atomic E-state index is 0.0593. The molecule has 9 heteroatoms. The second-order valence-electron chi connectivity index (χ2n) is 5.45. The molecule has 0 atom stereocenters. The van der Waals surface area contributed by atoms with Crippen molar-refractivity contribution < 1.29 is 28.7 Å². The van der Waals surface area contributed by atoms with Gasteiger partial charge in [-0.25, -0.2) is 4.79 Å². The van der Waals surface area contributed by atoms with Crippen LogP contribution in [0.25, 0.3) is 0 Å². The molecule has 0 bridgehead atoms. The standard InChI is InChI=1S/C18H18N2O7/c1-11-4-5-12(18(22)26-3)8-14(11)19-17(21)10-27-16-7-6-13(25-2)9-15(16)20(23)24/h4-9H,10H2,1-3H3,(H,19,21). The number of esters is 1. The fourth-order valence-electron chi connectivity index (χ4n) is 2.22. The number of rotatable bonds is 7. The minimum atomic E-state index is -0.625. The van der Waals surface area contributed by atoms with Crippen LogP contribution in [0.4, 0.5) is 11.4 Å². The van der Waals surface area contributed by atoms with Gasteiger partial charge in [0.05, 0.1) is 30.8 Å². The normalized spacial score (nSPS) is 10.0. The molecule has 0 radical (unpaired) electrons. The lowest BCUT2D eigenvalue weighted by Gasteiger charge is -2.11. The van der Waals surface area contributed by atoms with Crippen molar-refractivity contribution in [3.8, 4) is 11.5 Å². The van der Waals surface area contributed by atoms with Crippen LogP contribution in [0.5, 0.6) is 11.5 Å². The van der Waals surface area contributed by atoms with Crippen molar-refractivity contribution in [2.24, 2.45) is 0 Å². The van der Waals surface area contributed by atoms with E-state index < -0.39 is 23.4 Å². The lowest BCUT2D eigenvalue weighted by Crippen LogP contribution is -2.21. The molecule has 2 aromatic rings. The number of nitro groups is 1. The molecule has 0 fully saturated rings. The third-order valence-corrected chi connectivity index (χ3v) is 3.65. The molecule has 0 aliphatic rings. The highest BCUT2D eigenvalue weighted by molar-refractivity contribution is 5.96. The monoisotopic (exact) mass is 374 g/mol. The Morgan fingerprint density at radius 3 is 2.52 bits per heavy atom. The molecule has 2 aromatic carbocycles. The van der Waals surface area contributed by atoms with Gasteiger partial charge in [0.2, 0.25) is 0 Å². The number of aryl methyl sites for hydroxylation is 1. The highest BCUT2D eigenvalue weighted by Gasteiger charge is 2.18. The molecular weight excluding hydrogens is 356 g/mol. The summed E-state index contributed by atoms with van der Waals surface area (Å²) in [5, 5.41) is 13.7. The average Bonchev–Trinajstić information content (AvgIpc) is 2.67. The summed E-state index contributed by atoms with van der Waals surface area (Å²) >= 11 is 0. The molecular formula is C18H18N2O7. The highest BCUT2D eigenvalue weighted by Crippen LogP contribution is 2.31. The number of nitro benzene ring substituents is 1. The largest absolute Gasteiger partial charge is 0.496 e. The maximum atomic E-state index is 12.1. The van der Waals surface area contributed by atoms with Gasteiger partial charge in [-0.3, -0.25) is 14.9 Å². The van der Waals surface area contributed by atoms with Gasteiger partial charge in [0, 0.05) is 5.69 Å². The summed E-state index contributed by atoms with van der Waals surface area (Å²) in [5.74, 6) is -0.828. The second-order valence-corrected chi connectivity index (χ2v) is 5.45. The van der Waals surface area contributed by atoms with Crippen molar-refractivity contribution in [1.82, 2.24) is 0 Å². The molecule has 2 rings (SSSR count). The van der Waals surface area contributed by atoms with Crippen LogP contribution in [0.2, 0.25) is 0 Å². The van der Waals surface area contributed by atoms with E-state index in [1.807, 2.05) is 0 Å². The molecule has 0 saturated heterocycles. The Balaban J connectivity index is 2.09. The van der Waals surface area contributed by atoms with Gasteiger partial charge in [-0.2, -0.15) is 0 Å². The summed E-state index contributed by atoms with van der Waals surface area (Å²) in [4.78, 5) is 34.2. The van der Waals surface area contributed by atoms with E-state index in [9.17, 15) is 19.7 Å². The van der Waals surface area contributed by atoms with Crippen LogP contribution in [0.1, 0.15) is 15.9 Å². The number of nitrogens with zero attached hydrogens (tertiary/aromatic N) is 1. The summed E-state index contributed by atoms with van der Waals surface area (Å²) in [6.45, 7) is 1.31. The van der Waals surface area contributed by atoms with E-state index in [1.54, 1.807) is 19.1 Å². The third kappa shape index (κ3) is 4.94. The Hall–Kier alpha value is -3.62. The predicted molar refractivity (Wildman–Crippen MR) is 96.3 cm³/mol. The molecule has 27 heavy (non-hydrogen) atoms. The van der Waals surface area contributed by atoms with E-state index >= 15 is 0 Å². The Morgan fingerprint density at radius 1 is 1.15 bits per heavy atom. The summed E-state index contributed by atoms with van der Waals surface area (Å²) in [5.41, 5.74) is 1.11. The maximum absolute atomic E-state index is 12.1. The van der Waals surface area contributed by atoms with Gasteiger partial charge in [0.15, 0.2) is 12.4 Å². The molecule has 0 spiro atoms. The molecule has 0 aliphatic carbocycles. The fraction of sp³-hybridized carbons (Fsp3) is 0.222. The van der Waals surface area contributed by atoms with E-state index in [1.165, 1.54) is 38.5 Å². The first kappa shape index (κ1) is 19.7. The van der Waals surface area contributed by atoms with E-state index in [4.69, 9.17) is 9.47 Å². The molecule has 0 aliphatic heterocycles. The first-order valence-corrected chi connectivity index (χ1v) is 7.79. The topological polar surface area (TPSA) is 117 Å². The highest BCUT2D eigenvalue weighted by atomic mass is 16.6. The zero-order valence-corrected chi connectivity index (χ0v) is 15.0. The van der Waals surface area contributed by atoms with E-state index in [0.29, 0.717) is 11.4 Å². The van der Waals surface area contributed by atoms with Crippen molar-refractivity contribution in [3.05, 3.63) is 57.6 Å². The van der Waals surface area contributed by atoms with Crippen LogP contribution in [-0.4, -0.2) is 37.6 Å². The molecule has 0 aromatic heterocycles. The van der Waals surface area contributed by atoms with Crippen LogP contribution < -0.4 is 14.8 Å². The van der Waals surface area contributed by atoms with Crippen LogP contribution in [0.3, 0.4) is 0 Å². The van der Waals surface area contributed by atoms with Gasteiger partial charge in [0.1, 0.15) is 5.75 Å². The summed E-state index contributed by atoms with van der Waals surface area (Å²) in [6, 6.07) is 8.77. The second kappa shape index (κ2) is 8.65. The van der Waals surface area contributed by atoms with Crippen molar-refractivity contribution >= 4 is 23.3 Å². The number of methoxy groups -OCH3 is 2. The van der Waals surface area contributed by atoms with Gasteiger partial charge in [-0.15, -0.1) is 0 Å². The minimum Gasteiger partial charge on any atom is -0.496 e. The van der Waals surface area contributed by atoms with Crippen molar-refractivity contribution in [3.63, 3.8) is 0 Å². The van der Waals surface area contributed by atoms with Gasteiger partial charge < -0.3 is 19.5 Å². The number of ether oxygens (including phenoxy) is 3. The first-order chi connectivity index (χ1) is 12.8. The molecule has 1 N–H and O–H groups in total. The molecule has 0 saturated carbocycles. The van der Waals surface area contributed by atoms with Crippen LogP contribution >= 0.6 is 0 Å². The van der Waals surface area contributed by atoms with Crippen LogP contribution in [0, 0.1) is 17.0 Å². The Bertz CT molecular complexity index is 880. The third-order valence-electron chi connectivity index (χ3n) is 3.65. The van der Waals surface area contributed by atoms with E-state index in [0.717, 1.165) is 5.56 Å². The smallest absolute Gasteiger partial charge is 0.337 e. The first-order valence-electron chi connectivity index (χ1n) is 7.79. The lowest BCUT2D eigenvalue weighted by molar-refractivity contribution is -0.385. The summed E-state index contributed by atoms with van der Waals surface area (Å²) in [6.07, 6.45) is 0. The zero-order valence-electron chi connectivity index (χ0n) is 15.0. The molecule has 0 unspecified atom stereocenters. The average molecular weight is 374 g/mol. The van der Waals surface area contributed by atoms with E-state index in [2.05, 4.69) is 10.1 Å².